The van der Waals surface area contributed by atoms with E-state index in [1.54, 1.807) is 37.3 Å². The van der Waals surface area contributed by atoms with Gasteiger partial charge in [-0.25, -0.2) is 4.39 Å². The number of aromatic nitrogens is 1. The molecule has 1 fully saturated rings. The minimum atomic E-state index is -2.18. The topological polar surface area (TPSA) is 82.9 Å². The fourth-order valence-electron chi connectivity index (χ4n) is 4.09. The van der Waals surface area contributed by atoms with Crippen molar-refractivity contribution < 1.29 is 24.1 Å². The maximum Gasteiger partial charge on any atom is 0.212 e. The Kier molecular flexibility index (Phi) is 9.67. The number of halogens is 3. The van der Waals surface area contributed by atoms with Gasteiger partial charge in [-0.05, 0) is 75.1 Å². The van der Waals surface area contributed by atoms with Crippen LogP contribution in [0.5, 0.6) is 0 Å². The minimum absolute atomic E-state index is 0.117. The molecule has 2 heterocycles. The summed E-state index contributed by atoms with van der Waals surface area (Å²) in [5, 5.41) is 23.1. The second-order valence-electron chi connectivity index (χ2n) is 9.41. The molecule has 0 bridgehead atoms. The smallest absolute Gasteiger partial charge is 0.212 e. The molecule has 1 unspecified atom stereocenters. The van der Waals surface area contributed by atoms with Crippen molar-refractivity contribution in [1.29, 1.82) is 0 Å². The summed E-state index contributed by atoms with van der Waals surface area (Å²) in [6.07, 6.45) is 4.42. The fraction of sp³-hybridized carbons (Fsp3) is 0.357. The van der Waals surface area contributed by atoms with Crippen molar-refractivity contribution >= 4 is 29.6 Å². The lowest BCUT2D eigenvalue weighted by atomic mass is 9.86. The van der Waals surface area contributed by atoms with Crippen molar-refractivity contribution in [2.75, 3.05) is 13.2 Å². The highest BCUT2D eigenvalue weighted by Crippen LogP contribution is 2.39. The molecule has 6 nitrogen and oxygen atoms in total. The van der Waals surface area contributed by atoms with Gasteiger partial charge in [0.05, 0.1) is 22.9 Å². The van der Waals surface area contributed by atoms with Gasteiger partial charge < -0.3 is 19.8 Å². The number of benzene rings is 2. The Balaban J connectivity index is 0.000000678. The molecule has 2 aromatic carbocycles. The molecule has 9 heteroatoms. The first-order valence-electron chi connectivity index (χ1n) is 11.9. The largest absolute Gasteiger partial charge is 0.386 e. The molecule has 1 saturated heterocycles. The highest BCUT2D eigenvalue weighted by Gasteiger charge is 2.42. The molecule has 0 spiro atoms. The monoisotopic (exact) mass is 548 g/mol. The van der Waals surface area contributed by atoms with Crippen LogP contribution in [0, 0.1) is 12.7 Å². The Bertz CT molecular complexity index is 1170. The highest BCUT2D eigenvalue weighted by atomic mass is 35.5. The second kappa shape index (κ2) is 12.3. The predicted molar refractivity (Wildman–Crippen MR) is 142 cm³/mol. The average molecular weight is 549 g/mol. The number of hydrogen-bond acceptors (Lipinski definition) is 5. The summed E-state index contributed by atoms with van der Waals surface area (Å²) < 4.78 is 20.5. The van der Waals surface area contributed by atoms with Crippen LogP contribution >= 0.6 is 23.2 Å². The quantitative estimate of drug-likeness (QED) is 0.291. The van der Waals surface area contributed by atoms with E-state index in [1.165, 1.54) is 45.0 Å². The summed E-state index contributed by atoms with van der Waals surface area (Å²) in [4.78, 5) is 17.4. The molecule has 2 N–H and O–H groups in total. The van der Waals surface area contributed by atoms with E-state index in [0.29, 0.717) is 33.3 Å². The molecule has 1 atom stereocenters. The number of ether oxygens (including phenoxy) is 1. The zero-order valence-corrected chi connectivity index (χ0v) is 22.6. The van der Waals surface area contributed by atoms with Crippen molar-refractivity contribution in [3.8, 4) is 0 Å². The van der Waals surface area contributed by atoms with Crippen molar-refractivity contribution in [2.45, 2.75) is 51.5 Å². The van der Waals surface area contributed by atoms with Crippen LogP contribution in [0.25, 0.3) is 0 Å². The van der Waals surface area contributed by atoms with Crippen LogP contribution < -0.4 is 0 Å². The lowest BCUT2D eigenvalue weighted by Crippen LogP contribution is -2.47. The second-order valence-corrected chi connectivity index (χ2v) is 10.3. The van der Waals surface area contributed by atoms with Crippen LogP contribution in [-0.4, -0.2) is 39.7 Å². The van der Waals surface area contributed by atoms with Crippen molar-refractivity contribution in [1.82, 2.24) is 9.88 Å². The lowest BCUT2D eigenvalue weighted by Gasteiger charge is -2.39. The molecule has 198 valence electrons. The number of amides is 1. The van der Waals surface area contributed by atoms with Crippen LogP contribution in [0.15, 0.2) is 54.7 Å². The van der Waals surface area contributed by atoms with Crippen LogP contribution in [0.3, 0.4) is 0 Å². The summed E-state index contributed by atoms with van der Waals surface area (Å²) in [5.74, 6) is -0.768. The number of aliphatic hydroxyl groups is 2. The van der Waals surface area contributed by atoms with E-state index < -0.39 is 17.1 Å². The SMILES string of the molecule is C1CCOC1.Cc1cc(C(C)(C)O)cc(F)c1C(O)(c1ccc(Cl)cc1)N(C=O)Cc1ccc(Cl)cn1. The molecule has 4 rings (SSSR count). The first-order valence-corrected chi connectivity index (χ1v) is 12.6. The Labute approximate surface area is 226 Å². The number of aryl methyl sites for hydroxylation is 1. The van der Waals surface area contributed by atoms with E-state index >= 15 is 4.39 Å². The van der Waals surface area contributed by atoms with E-state index in [9.17, 15) is 15.0 Å². The van der Waals surface area contributed by atoms with Gasteiger partial charge in [0, 0.05) is 35.6 Å². The third-order valence-corrected chi connectivity index (χ3v) is 6.56. The zero-order valence-electron chi connectivity index (χ0n) is 21.0. The van der Waals surface area contributed by atoms with Crippen LogP contribution in [0.1, 0.15) is 54.6 Å². The molecule has 37 heavy (non-hydrogen) atoms. The van der Waals surface area contributed by atoms with Gasteiger partial charge >= 0.3 is 0 Å². The maximum absolute atomic E-state index is 15.5. The Morgan fingerprint density at radius 1 is 1.03 bits per heavy atom. The van der Waals surface area contributed by atoms with Gasteiger partial charge in [0.15, 0.2) is 5.72 Å². The molecule has 1 aliphatic heterocycles. The molecule has 3 aromatic rings. The van der Waals surface area contributed by atoms with E-state index in [2.05, 4.69) is 4.98 Å². The van der Waals surface area contributed by atoms with E-state index in [0.717, 1.165) is 24.2 Å². The maximum atomic E-state index is 15.5. The molecule has 1 aliphatic rings. The fourth-order valence-corrected chi connectivity index (χ4v) is 4.33. The number of hydrogen-bond donors (Lipinski definition) is 2. The standard InChI is InChI=1S/C24H23Cl2FN2O3.C4H8O/c1-15-10-17(23(2,3)31)11-21(27)22(15)24(32,16-4-6-18(25)7-5-16)29(14-30)13-20-9-8-19(26)12-28-20;1-2-4-5-3-1/h4-12,14,31-32H,13H2,1-3H3;1-4H2. The third kappa shape index (κ3) is 7.06. The summed E-state index contributed by atoms with van der Waals surface area (Å²) in [5.41, 5.74) is -2.21. The summed E-state index contributed by atoms with van der Waals surface area (Å²) in [6, 6.07) is 12.1. The Morgan fingerprint density at radius 2 is 1.65 bits per heavy atom. The molecular weight excluding hydrogens is 518 g/mol. The first kappa shape index (κ1) is 29.0. The Hall–Kier alpha value is -2.55. The van der Waals surface area contributed by atoms with Gasteiger partial charge in [-0.2, -0.15) is 0 Å². The summed E-state index contributed by atoms with van der Waals surface area (Å²) in [7, 11) is 0. The van der Waals surface area contributed by atoms with Gasteiger partial charge in [-0.1, -0.05) is 41.4 Å². The van der Waals surface area contributed by atoms with Crippen molar-refractivity contribution in [2.24, 2.45) is 0 Å². The Morgan fingerprint density at radius 3 is 2.11 bits per heavy atom. The van der Waals surface area contributed by atoms with E-state index in [1.807, 2.05) is 0 Å². The third-order valence-electron chi connectivity index (χ3n) is 6.08. The number of carbonyl (C=O) groups excluding carboxylic acids is 1. The van der Waals surface area contributed by atoms with Crippen LogP contribution in [-0.2, 0) is 27.4 Å². The molecular formula is C28H31Cl2FN2O4. The normalized spacial score (nSPS) is 14.9. The zero-order chi connectivity index (χ0) is 27.2. The van der Waals surface area contributed by atoms with Gasteiger partial charge in [0.25, 0.3) is 0 Å². The van der Waals surface area contributed by atoms with E-state index in [4.69, 9.17) is 27.9 Å². The molecule has 1 amide bonds. The highest BCUT2D eigenvalue weighted by molar-refractivity contribution is 6.30. The number of carbonyl (C=O) groups is 1. The lowest BCUT2D eigenvalue weighted by molar-refractivity contribution is -0.142. The van der Waals surface area contributed by atoms with Gasteiger partial charge in [-0.3, -0.25) is 9.78 Å². The predicted octanol–water partition coefficient (Wildman–Crippen LogP) is 5.71. The average Bonchev–Trinajstić information content (AvgIpc) is 3.43. The van der Waals surface area contributed by atoms with Gasteiger partial charge in [0.1, 0.15) is 5.82 Å². The van der Waals surface area contributed by atoms with Crippen molar-refractivity contribution in [3.63, 3.8) is 0 Å². The van der Waals surface area contributed by atoms with E-state index in [-0.39, 0.29) is 17.7 Å². The van der Waals surface area contributed by atoms with Crippen molar-refractivity contribution in [3.05, 3.63) is 98.5 Å². The van der Waals surface area contributed by atoms with Gasteiger partial charge in [0.2, 0.25) is 6.41 Å². The molecule has 1 aromatic heterocycles. The van der Waals surface area contributed by atoms with Gasteiger partial charge in [-0.15, -0.1) is 0 Å². The van der Waals surface area contributed by atoms with Crippen LogP contribution in [0.2, 0.25) is 10.0 Å². The summed E-state index contributed by atoms with van der Waals surface area (Å²) >= 11 is 11.9. The minimum Gasteiger partial charge on any atom is -0.386 e. The molecule has 0 radical (unpaired) electrons. The number of nitrogens with zero attached hydrogens (tertiary/aromatic N) is 2. The van der Waals surface area contributed by atoms with Crippen LogP contribution in [0.4, 0.5) is 4.39 Å². The number of rotatable bonds is 7. The molecule has 0 aliphatic carbocycles. The first-order chi connectivity index (χ1) is 17.5. The summed E-state index contributed by atoms with van der Waals surface area (Å²) in [6.45, 7) is 6.57. The number of pyridine rings is 1. The molecule has 0 saturated carbocycles.